The lowest BCUT2D eigenvalue weighted by atomic mass is 10.4. The van der Waals surface area contributed by atoms with E-state index in [4.69, 9.17) is 4.74 Å². The molecule has 0 aromatic rings. The lowest BCUT2D eigenvalue weighted by Gasteiger charge is -2.10. The Bertz CT molecular complexity index is 164. The molecule has 0 radical (unpaired) electrons. The van der Waals surface area contributed by atoms with E-state index < -0.39 is 18.0 Å². The monoisotopic (exact) mass is 174 g/mol. The molecule has 0 bridgehead atoms. The van der Waals surface area contributed by atoms with Gasteiger partial charge < -0.3 is 9.47 Å². The third-order valence-electron chi connectivity index (χ3n) is 1.22. The fraction of sp³-hybridized carbons (Fsp3) is 0.750. The Morgan fingerprint density at radius 1 is 1.33 bits per heavy atom. The Morgan fingerprint density at radius 2 is 1.92 bits per heavy atom. The lowest BCUT2D eigenvalue weighted by molar-refractivity contribution is -0.166. The Kier molecular flexibility index (Phi) is 5.08. The predicted molar refractivity (Wildman–Crippen MR) is 42.5 cm³/mol. The van der Waals surface area contributed by atoms with E-state index in [1.165, 1.54) is 6.92 Å². The highest BCUT2D eigenvalue weighted by Crippen LogP contribution is 1.96. The third-order valence-corrected chi connectivity index (χ3v) is 1.22. The number of hydrogen-bond donors (Lipinski definition) is 0. The highest BCUT2D eigenvalue weighted by Gasteiger charge is 2.17. The smallest absolute Gasteiger partial charge is 0.347 e. The van der Waals surface area contributed by atoms with Gasteiger partial charge in [-0.2, -0.15) is 0 Å². The van der Waals surface area contributed by atoms with Crippen molar-refractivity contribution in [3.8, 4) is 0 Å². The average Bonchev–Trinajstić information content (AvgIpc) is 2.04. The Balaban J connectivity index is 3.78. The molecule has 0 saturated carbocycles. The van der Waals surface area contributed by atoms with Gasteiger partial charge in [0.15, 0.2) is 6.10 Å². The topological polar surface area (TPSA) is 52.6 Å². The number of carbonyl (C=O) groups excluding carboxylic acids is 2. The molecule has 0 aliphatic heterocycles. The maximum absolute atomic E-state index is 10.9. The number of carbonyl (C=O) groups is 2. The van der Waals surface area contributed by atoms with Crippen molar-refractivity contribution in [1.29, 1.82) is 0 Å². The van der Waals surface area contributed by atoms with Crippen LogP contribution in [-0.2, 0) is 19.1 Å². The van der Waals surface area contributed by atoms with Crippen LogP contribution in [-0.4, -0.2) is 24.6 Å². The normalized spacial score (nSPS) is 11.9. The molecule has 12 heavy (non-hydrogen) atoms. The van der Waals surface area contributed by atoms with E-state index in [0.717, 1.165) is 0 Å². The summed E-state index contributed by atoms with van der Waals surface area (Å²) >= 11 is 0. The minimum Gasteiger partial charge on any atom is -0.463 e. The summed E-state index contributed by atoms with van der Waals surface area (Å²) in [7, 11) is 0. The maximum atomic E-state index is 10.9. The van der Waals surface area contributed by atoms with Gasteiger partial charge in [-0.15, -0.1) is 0 Å². The number of rotatable bonds is 4. The summed E-state index contributed by atoms with van der Waals surface area (Å²) in [6.07, 6.45) is -0.526. The van der Waals surface area contributed by atoms with Crippen LogP contribution in [0.1, 0.15) is 27.2 Å². The van der Waals surface area contributed by atoms with E-state index in [-0.39, 0.29) is 6.42 Å². The molecule has 0 aromatic carbocycles. The van der Waals surface area contributed by atoms with Crippen LogP contribution in [0.15, 0.2) is 0 Å². The molecule has 0 unspecified atom stereocenters. The molecule has 0 saturated heterocycles. The van der Waals surface area contributed by atoms with Crippen molar-refractivity contribution in [3.05, 3.63) is 0 Å². The standard InChI is InChI=1S/C8H14O4/c1-4-7(9)12-6(3)8(10)11-5-2/h6H,4-5H2,1-3H3/t6-/m0/s1. The van der Waals surface area contributed by atoms with Crippen LogP contribution >= 0.6 is 0 Å². The number of ether oxygens (including phenoxy) is 2. The summed E-state index contributed by atoms with van der Waals surface area (Å²) in [6.45, 7) is 5.16. The number of hydrogen-bond acceptors (Lipinski definition) is 4. The first-order valence-electron chi connectivity index (χ1n) is 3.97. The summed E-state index contributed by atoms with van der Waals surface area (Å²) in [5.41, 5.74) is 0. The van der Waals surface area contributed by atoms with Crippen LogP contribution < -0.4 is 0 Å². The summed E-state index contributed by atoms with van der Waals surface area (Å²) in [5, 5.41) is 0. The second-order valence-corrected chi connectivity index (χ2v) is 2.24. The van der Waals surface area contributed by atoms with Gasteiger partial charge in [-0.3, -0.25) is 4.79 Å². The Labute approximate surface area is 71.8 Å². The number of esters is 2. The van der Waals surface area contributed by atoms with Gasteiger partial charge in [0.2, 0.25) is 0 Å². The molecule has 0 rings (SSSR count). The predicted octanol–water partition coefficient (Wildman–Crippen LogP) is 0.891. The molecule has 0 heterocycles. The van der Waals surface area contributed by atoms with Crippen molar-refractivity contribution < 1.29 is 19.1 Å². The van der Waals surface area contributed by atoms with Crippen LogP contribution in [0.3, 0.4) is 0 Å². The fourth-order valence-electron chi connectivity index (χ4n) is 0.588. The largest absolute Gasteiger partial charge is 0.463 e. The van der Waals surface area contributed by atoms with Crippen LogP contribution in [0.4, 0.5) is 0 Å². The fourth-order valence-corrected chi connectivity index (χ4v) is 0.588. The first-order valence-corrected chi connectivity index (χ1v) is 3.97. The molecular weight excluding hydrogens is 160 g/mol. The van der Waals surface area contributed by atoms with E-state index in [1.807, 2.05) is 0 Å². The van der Waals surface area contributed by atoms with E-state index in [2.05, 4.69) is 4.74 Å². The quantitative estimate of drug-likeness (QED) is 0.594. The molecule has 0 aliphatic rings. The van der Waals surface area contributed by atoms with Crippen molar-refractivity contribution in [3.63, 3.8) is 0 Å². The molecule has 0 aromatic heterocycles. The van der Waals surface area contributed by atoms with Gasteiger partial charge in [-0.25, -0.2) is 4.79 Å². The van der Waals surface area contributed by atoms with E-state index in [1.54, 1.807) is 13.8 Å². The van der Waals surface area contributed by atoms with Gasteiger partial charge in [0.1, 0.15) is 0 Å². The molecule has 0 fully saturated rings. The summed E-state index contributed by atoms with van der Waals surface area (Å²) in [5.74, 6) is -0.894. The second-order valence-electron chi connectivity index (χ2n) is 2.24. The van der Waals surface area contributed by atoms with Crippen LogP contribution in [0, 0.1) is 0 Å². The molecule has 1 atom stereocenters. The van der Waals surface area contributed by atoms with Gasteiger partial charge >= 0.3 is 11.9 Å². The van der Waals surface area contributed by atoms with E-state index in [0.29, 0.717) is 6.61 Å². The third kappa shape index (κ3) is 3.95. The van der Waals surface area contributed by atoms with Crippen molar-refractivity contribution in [2.45, 2.75) is 33.3 Å². The van der Waals surface area contributed by atoms with Crippen molar-refractivity contribution in [1.82, 2.24) is 0 Å². The zero-order chi connectivity index (χ0) is 9.56. The lowest BCUT2D eigenvalue weighted by Crippen LogP contribution is -2.25. The van der Waals surface area contributed by atoms with Crippen LogP contribution in [0.2, 0.25) is 0 Å². The molecular formula is C8H14O4. The van der Waals surface area contributed by atoms with Crippen molar-refractivity contribution >= 4 is 11.9 Å². The summed E-state index contributed by atoms with van der Waals surface area (Å²) in [6, 6.07) is 0. The van der Waals surface area contributed by atoms with E-state index in [9.17, 15) is 9.59 Å². The van der Waals surface area contributed by atoms with Gasteiger partial charge in [0.05, 0.1) is 6.61 Å². The summed E-state index contributed by atoms with van der Waals surface area (Å²) in [4.78, 5) is 21.6. The minimum atomic E-state index is -0.794. The first-order chi connectivity index (χ1) is 5.61. The maximum Gasteiger partial charge on any atom is 0.347 e. The highest BCUT2D eigenvalue weighted by molar-refractivity contribution is 5.78. The van der Waals surface area contributed by atoms with Gasteiger partial charge in [-0.05, 0) is 13.8 Å². The van der Waals surface area contributed by atoms with Crippen LogP contribution in [0.25, 0.3) is 0 Å². The van der Waals surface area contributed by atoms with Gasteiger partial charge in [0.25, 0.3) is 0 Å². The summed E-state index contributed by atoms with van der Waals surface area (Å²) < 4.78 is 9.33. The molecule has 70 valence electrons. The second kappa shape index (κ2) is 5.57. The average molecular weight is 174 g/mol. The molecule has 0 spiro atoms. The SMILES string of the molecule is CCOC(=O)[C@H](C)OC(=O)CC. The van der Waals surface area contributed by atoms with Gasteiger partial charge in [-0.1, -0.05) is 6.92 Å². The zero-order valence-corrected chi connectivity index (χ0v) is 7.62. The van der Waals surface area contributed by atoms with Crippen molar-refractivity contribution in [2.75, 3.05) is 6.61 Å². The minimum absolute atomic E-state index is 0.268. The molecule has 0 amide bonds. The molecule has 0 N–H and O–H groups in total. The van der Waals surface area contributed by atoms with E-state index >= 15 is 0 Å². The molecule has 4 nitrogen and oxygen atoms in total. The van der Waals surface area contributed by atoms with Crippen LogP contribution in [0.5, 0.6) is 0 Å². The highest BCUT2D eigenvalue weighted by atomic mass is 16.6. The Morgan fingerprint density at radius 3 is 2.33 bits per heavy atom. The van der Waals surface area contributed by atoms with Crippen molar-refractivity contribution in [2.24, 2.45) is 0 Å². The first kappa shape index (κ1) is 10.9. The molecule has 4 heteroatoms. The Hall–Kier alpha value is -1.06. The zero-order valence-electron chi connectivity index (χ0n) is 7.62. The molecule has 0 aliphatic carbocycles. The van der Waals surface area contributed by atoms with Gasteiger partial charge in [0, 0.05) is 6.42 Å².